The molecule has 0 aromatic heterocycles. The number of hydrogen-bond acceptors (Lipinski definition) is 0. The quantitative estimate of drug-likeness (QED) is 0.520. The van der Waals surface area contributed by atoms with Crippen molar-refractivity contribution in [2.24, 2.45) is 0 Å². The van der Waals surface area contributed by atoms with Gasteiger partial charge in [-0.2, -0.15) is 0 Å². The van der Waals surface area contributed by atoms with Crippen LogP contribution < -0.4 is 0 Å². The number of hydrogen-bond donors (Lipinski definition) is 0. The lowest BCUT2D eigenvalue weighted by atomic mass is 10.2. The van der Waals surface area contributed by atoms with Crippen molar-refractivity contribution in [3.05, 3.63) is 48.6 Å². The lowest BCUT2D eigenvalue weighted by Crippen LogP contribution is -1.70. The third-order valence-electron chi connectivity index (χ3n) is 1.92. The summed E-state index contributed by atoms with van der Waals surface area (Å²) in [6.07, 6.45) is 24.0. The van der Waals surface area contributed by atoms with E-state index in [2.05, 4.69) is 48.6 Å². The number of allylic oxidation sites excluding steroid dienone is 8. The van der Waals surface area contributed by atoms with Crippen LogP contribution in [-0.4, -0.2) is 0 Å². The van der Waals surface area contributed by atoms with Crippen LogP contribution in [0.25, 0.3) is 0 Å². The first-order valence-corrected chi connectivity index (χ1v) is 5.03. The maximum atomic E-state index is 3.30. The molecule has 69 valence electrons. The average Bonchev–Trinajstić information content (AvgIpc) is 2.18. The highest BCUT2D eigenvalue weighted by Crippen LogP contribution is 2.01. The monoisotopic (exact) mass is 173 g/mol. The van der Waals surface area contributed by atoms with Crippen LogP contribution in [0.2, 0.25) is 0 Å². The Kier molecular flexibility index (Phi) is 5.87. The molecular formula is C13H17. The minimum absolute atomic E-state index is 1.05. The zero-order valence-electron chi connectivity index (χ0n) is 8.08. The van der Waals surface area contributed by atoms with Gasteiger partial charge in [-0.05, 0) is 38.2 Å². The van der Waals surface area contributed by atoms with E-state index in [9.17, 15) is 0 Å². The lowest BCUT2D eigenvalue weighted by Gasteiger charge is -1.89. The second kappa shape index (κ2) is 7.60. The van der Waals surface area contributed by atoms with Gasteiger partial charge in [-0.3, -0.25) is 0 Å². The molecule has 1 aliphatic rings. The Balaban J connectivity index is 2.38. The summed E-state index contributed by atoms with van der Waals surface area (Å²) in [7, 11) is 0. The molecule has 0 heterocycles. The van der Waals surface area contributed by atoms with Crippen LogP contribution in [0.1, 0.15) is 32.1 Å². The highest BCUT2D eigenvalue weighted by atomic mass is 13.9. The van der Waals surface area contributed by atoms with Crippen LogP contribution in [0.4, 0.5) is 0 Å². The van der Waals surface area contributed by atoms with Gasteiger partial charge in [-0.25, -0.2) is 0 Å². The zero-order valence-corrected chi connectivity index (χ0v) is 8.08. The van der Waals surface area contributed by atoms with Gasteiger partial charge in [-0.1, -0.05) is 42.5 Å². The highest BCUT2D eigenvalue weighted by molar-refractivity contribution is 5.11. The molecule has 0 aromatic rings. The van der Waals surface area contributed by atoms with Crippen molar-refractivity contribution in [3.63, 3.8) is 0 Å². The predicted molar refractivity (Wildman–Crippen MR) is 58.3 cm³/mol. The lowest BCUT2D eigenvalue weighted by molar-refractivity contribution is 0.859. The van der Waals surface area contributed by atoms with E-state index in [1.54, 1.807) is 0 Å². The third-order valence-corrected chi connectivity index (χ3v) is 1.92. The van der Waals surface area contributed by atoms with E-state index in [4.69, 9.17) is 0 Å². The van der Waals surface area contributed by atoms with E-state index in [1.807, 2.05) is 0 Å². The maximum Gasteiger partial charge on any atom is -0.0245 e. The van der Waals surface area contributed by atoms with Gasteiger partial charge < -0.3 is 0 Å². The Labute approximate surface area is 81.4 Å². The van der Waals surface area contributed by atoms with Gasteiger partial charge in [0.25, 0.3) is 0 Å². The molecule has 0 fully saturated rings. The molecule has 0 aromatic carbocycles. The van der Waals surface area contributed by atoms with Crippen LogP contribution in [0.15, 0.2) is 42.5 Å². The molecule has 0 spiro atoms. The Morgan fingerprint density at radius 3 is 2.38 bits per heavy atom. The van der Waals surface area contributed by atoms with Gasteiger partial charge in [0.1, 0.15) is 0 Å². The fourth-order valence-electron chi connectivity index (χ4n) is 1.19. The largest absolute Gasteiger partial charge is 0.0845 e. The molecule has 0 aliphatic heterocycles. The Morgan fingerprint density at radius 2 is 1.54 bits per heavy atom. The van der Waals surface area contributed by atoms with E-state index < -0.39 is 0 Å². The third kappa shape index (κ3) is 6.15. The van der Waals surface area contributed by atoms with Crippen LogP contribution in [-0.2, 0) is 0 Å². The summed E-state index contributed by atoms with van der Waals surface area (Å²) in [5.74, 6) is 0. The second-order valence-electron chi connectivity index (χ2n) is 3.12. The van der Waals surface area contributed by atoms with Gasteiger partial charge in [0.15, 0.2) is 0 Å². The Hall–Kier alpha value is -1.04. The van der Waals surface area contributed by atoms with Crippen molar-refractivity contribution >= 4 is 0 Å². The molecule has 0 bridgehead atoms. The van der Waals surface area contributed by atoms with Crippen molar-refractivity contribution < 1.29 is 0 Å². The minimum Gasteiger partial charge on any atom is -0.0845 e. The second-order valence-corrected chi connectivity index (χ2v) is 3.12. The van der Waals surface area contributed by atoms with Gasteiger partial charge >= 0.3 is 0 Å². The standard InChI is InChI=1S/C13H17/c1-2-4-6-8-10-12-13-11-9-7-5-3-1/h1-6,13H,7-11H2/b2-1+,5-3-,6-4-,13-12?. The van der Waals surface area contributed by atoms with Crippen molar-refractivity contribution in [2.45, 2.75) is 32.1 Å². The molecule has 0 N–H and O–H groups in total. The first kappa shape index (κ1) is 10.0. The van der Waals surface area contributed by atoms with Gasteiger partial charge in [-0.15, -0.1) is 0 Å². The molecule has 1 aliphatic carbocycles. The summed E-state index contributed by atoms with van der Waals surface area (Å²) in [6.45, 7) is 0. The molecule has 0 nitrogen and oxygen atoms in total. The normalized spacial score (nSPS) is 28.9. The van der Waals surface area contributed by atoms with E-state index in [-0.39, 0.29) is 0 Å². The van der Waals surface area contributed by atoms with Crippen molar-refractivity contribution in [1.29, 1.82) is 0 Å². The molecule has 0 atom stereocenters. The molecule has 1 radical (unpaired) electrons. The first-order chi connectivity index (χ1) is 6.50. The average molecular weight is 173 g/mol. The van der Waals surface area contributed by atoms with Gasteiger partial charge in [0.05, 0.1) is 0 Å². The summed E-state index contributed by atoms with van der Waals surface area (Å²) in [5.41, 5.74) is 0. The van der Waals surface area contributed by atoms with Gasteiger partial charge in [0, 0.05) is 0 Å². The van der Waals surface area contributed by atoms with Crippen molar-refractivity contribution in [1.82, 2.24) is 0 Å². The molecule has 0 unspecified atom stereocenters. The summed E-state index contributed by atoms with van der Waals surface area (Å²) in [5, 5.41) is 0. The Bertz CT molecular complexity index is 216. The van der Waals surface area contributed by atoms with E-state index in [1.165, 1.54) is 12.8 Å². The first-order valence-electron chi connectivity index (χ1n) is 5.03. The van der Waals surface area contributed by atoms with Crippen LogP contribution >= 0.6 is 0 Å². The fourth-order valence-corrected chi connectivity index (χ4v) is 1.19. The maximum absolute atomic E-state index is 3.30. The molecule has 0 amide bonds. The summed E-state index contributed by atoms with van der Waals surface area (Å²) >= 11 is 0. The molecule has 1 rings (SSSR count). The summed E-state index contributed by atoms with van der Waals surface area (Å²) < 4.78 is 0. The van der Waals surface area contributed by atoms with E-state index >= 15 is 0 Å². The molecule has 0 saturated heterocycles. The Morgan fingerprint density at radius 1 is 0.769 bits per heavy atom. The van der Waals surface area contributed by atoms with Gasteiger partial charge in [0.2, 0.25) is 0 Å². The van der Waals surface area contributed by atoms with Crippen molar-refractivity contribution in [3.8, 4) is 0 Å². The summed E-state index contributed by atoms with van der Waals surface area (Å²) in [4.78, 5) is 0. The SMILES string of the molecule is [C]1=C/CCC\C=C/C=C/C=C\CC/1. The smallest absolute Gasteiger partial charge is 0.0245 e. The topological polar surface area (TPSA) is 0 Å². The van der Waals surface area contributed by atoms with Crippen LogP contribution in [0.3, 0.4) is 0 Å². The molecule has 0 heteroatoms. The van der Waals surface area contributed by atoms with E-state index in [0.29, 0.717) is 0 Å². The fraction of sp³-hybridized carbons (Fsp3) is 0.385. The van der Waals surface area contributed by atoms with Crippen LogP contribution in [0.5, 0.6) is 0 Å². The molecule has 13 heavy (non-hydrogen) atoms. The number of rotatable bonds is 0. The molecular weight excluding hydrogens is 156 g/mol. The molecule has 0 saturated carbocycles. The van der Waals surface area contributed by atoms with Crippen LogP contribution in [0, 0.1) is 6.08 Å². The summed E-state index contributed by atoms with van der Waals surface area (Å²) in [6, 6.07) is 0. The van der Waals surface area contributed by atoms with Crippen molar-refractivity contribution in [2.75, 3.05) is 0 Å². The van der Waals surface area contributed by atoms with E-state index in [0.717, 1.165) is 19.3 Å². The minimum atomic E-state index is 1.05. The zero-order chi connectivity index (χ0) is 9.19. The predicted octanol–water partition coefficient (Wildman–Crippen LogP) is 3.98. The highest BCUT2D eigenvalue weighted by Gasteiger charge is 1.81.